The molecule has 7 nitrogen and oxygen atoms in total. The van der Waals surface area contributed by atoms with Gasteiger partial charge in [-0.15, -0.1) is 0 Å². The van der Waals surface area contributed by atoms with Crippen LogP contribution in [0, 0.1) is 17.0 Å². The first-order valence-electron chi connectivity index (χ1n) is 8.35. The van der Waals surface area contributed by atoms with Crippen LogP contribution in [0.25, 0.3) is 0 Å². The molecule has 2 amide bonds. The van der Waals surface area contributed by atoms with Crippen molar-refractivity contribution < 1.29 is 14.5 Å². The topological polar surface area (TPSA) is 92.6 Å². The summed E-state index contributed by atoms with van der Waals surface area (Å²) in [5.41, 5.74) is 1.39. The van der Waals surface area contributed by atoms with Crippen molar-refractivity contribution in [1.82, 2.24) is 10.2 Å². The molecular formula is C19H19N3O4. The molecule has 26 heavy (non-hydrogen) atoms. The molecule has 0 aromatic heterocycles. The predicted molar refractivity (Wildman–Crippen MR) is 95.7 cm³/mol. The highest BCUT2D eigenvalue weighted by Crippen LogP contribution is 2.29. The molecule has 1 unspecified atom stereocenters. The van der Waals surface area contributed by atoms with Crippen LogP contribution in [0.4, 0.5) is 5.69 Å². The molecule has 0 aliphatic carbocycles. The molecule has 1 N–H and O–H groups in total. The highest BCUT2D eigenvalue weighted by Gasteiger charge is 2.32. The number of nitro benzene ring substituents is 1. The van der Waals surface area contributed by atoms with Crippen molar-refractivity contribution in [3.8, 4) is 0 Å². The summed E-state index contributed by atoms with van der Waals surface area (Å²) < 4.78 is 0. The molecule has 0 saturated carbocycles. The fourth-order valence-corrected chi connectivity index (χ4v) is 3.25. The van der Waals surface area contributed by atoms with Gasteiger partial charge in [-0.25, -0.2) is 0 Å². The quantitative estimate of drug-likeness (QED) is 0.678. The van der Waals surface area contributed by atoms with Crippen LogP contribution in [0.15, 0.2) is 48.5 Å². The number of benzene rings is 2. The molecule has 2 aromatic carbocycles. The van der Waals surface area contributed by atoms with E-state index in [9.17, 15) is 19.7 Å². The van der Waals surface area contributed by atoms with E-state index in [0.29, 0.717) is 18.7 Å². The zero-order valence-corrected chi connectivity index (χ0v) is 14.3. The monoisotopic (exact) mass is 353 g/mol. The summed E-state index contributed by atoms with van der Waals surface area (Å²) >= 11 is 0. The summed E-state index contributed by atoms with van der Waals surface area (Å²) in [5.74, 6) is -0.429. The Bertz CT molecular complexity index is 851. The second kappa shape index (κ2) is 7.35. The molecule has 1 saturated heterocycles. The summed E-state index contributed by atoms with van der Waals surface area (Å²) in [7, 11) is 0. The number of nitrogens with zero attached hydrogens (tertiary/aromatic N) is 2. The average Bonchev–Trinajstić information content (AvgIpc) is 2.83. The summed E-state index contributed by atoms with van der Waals surface area (Å²) in [6.45, 7) is 2.26. The Hall–Kier alpha value is -3.22. The number of hydrogen-bond donors (Lipinski definition) is 1. The fourth-order valence-electron chi connectivity index (χ4n) is 3.25. The van der Waals surface area contributed by atoms with E-state index in [1.54, 1.807) is 17.9 Å². The number of amides is 2. The zero-order valence-electron chi connectivity index (χ0n) is 14.3. The first-order chi connectivity index (χ1) is 12.5. The van der Waals surface area contributed by atoms with Crippen LogP contribution >= 0.6 is 0 Å². The molecule has 1 fully saturated rings. The lowest BCUT2D eigenvalue weighted by Gasteiger charge is -2.30. The second-order valence-electron chi connectivity index (χ2n) is 6.19. The molecule has 134 valence electrons. The molecule has 0 radical (unpaired) electrons. The molecule has 1 aliphatic heterocycles. The minimum Gasteiger partial charge on any atom is -0.354 e. The van der Waals surface area contributed by atoms with Crippen LogP contribution in [0.3, 0.4) is 0 Å². The maximum atomic E-state index is 13.2. The van der Waals surface area contributed by atoms with Crippen LogP contribution in [0.1, 0.15) is 33.9 Å². The van der Waals surface area contributed by atoms with Crippen LogP contribution in [0.2, 0.25) is 0 Å². The third-order valence-corrected chi connectivity index (χ3v) is 4.61. The second-order valence-corrected chi connectivity index (χ2v) is 6.19. The summed E-state index contributed by atoms with van der Waals surface area (Å²) in [5, 5.41) is 14.0. The summed E-state index contributed by atoms with van der Waals surface area (Å²) in [6, 6.07) is 13.4. The molecule has 0 spiro atoms. The van der Waals surface area contributed by atoms with Crippen molar-refractivity contribution in [3.63, 3.8) is 0 Å². The Morgan fingerprint density at radius 2 is 1.92 bits per heavy atom. The largest absolute Gasteiger partial charge is 0.354 e. The molecule has 1 aliphatic rings. The normalized spacial score (nSPS) is 17.3. The van der Waals surface area contributed by atoms with Gasteiger partial charge in [0.05, 0.1) is 17.4 Å². The maximum absolute atomic E-state index is 13.2. The Kier molecular flexibility index (Phi) is 4.97. The van der Waals surface area contributed by atoms with E-state index in [4.69, 9.17) is 0 Å². The van der Waals surface area contributed by atoms with Gasteiger partial charge in [0.15, 0.2) is 0 Å². The maximum Gasteiger partial charge on any atom is 0.273 e. The number of carbonyl (C=O) groups excluding carboxylic acids is 2. The molecule has 2 aromatic rings. The van der Waals surface area contributed by atoms with Gasteiger partial charge in [-0.2, -0.15) is 0 Å². The van der Waals surface area contributed by atoms with E-state index in [2.05, 4.69) is 5.32 Å². The van der Waals surface area contributed by atoms with Crippen LogP contribution in [0.5, 0.6) is 0 Å². The lowest BCUT2D eigenvalue weighted by molar-refractivity contribution is -0.385. The number of carbonyl (C=O) groups is 2. The van der Waals surface area contributed by atoms with E-state index in [1.807, 2.05) is 30.3 Å². The summed E-state index contributed by atoms with van der Waals surface area (Å²) in [4.78, 5) is 37.6. The van der Waals surface area contributed by atoms with Gasteiger partial charge in [0.25, 0.3) is 11.6 Å². The number of rotatable bonds is 3. The number of nitro groups is 1. The third-order valence-electron chi connectivity index (χ3n) is 4.61. The molecule has 1 atom stereocenters. The summed E-state index contributed by atoms with van der Waals surface area (Å²) in [6.07, 6.45) is 0.156. The molecular weight excluding hydrogens is 334 g/mol. The van der Waals surface area contributed by atoms with E-state index < -0.39 is 11.0 Å². The standard InChI is InChI=1S/C19H19N3O4/c1-13-15(8-5-9-16(13)22(25)26)19(24)21-11-10-20-18(23)12-17(21)14-6-3-2-4-7-14/h2-9,17H,10-12H2,1H3,(H,20,23). The van der Waals surface area contributed by atoms with E-state index in [-0.39, 0.29) is 29.5 Å². The number of nitrogens with one attached hydrogen (secondary N) is 1. The minimum absolute atomic E-state index is 0.0869. The van der Waals surface area contributed by atoms with Crippen LogP contribution in [-0.2, 0) is 4.79 Å². The average molecular weight is 353 g/mol. The van der Waals surface area contributed by atoms with Crippen LogP contribution < -0.4 is 5.32 Å². The third kappa shape index (κ3) is 3.42. The van der Waals surface area contributed by atoms with Crippen molar-refractivity contribution in [2.45, 2.75) is 19.4 Å². The van der Waals surface area contributed by atoms with Gasteiger partial charge in [0, 0.05) is 30.3 Å². The van der Waals surface area contributed by atoms with Crippen molar-refractivity contribution in [3.05, 3.63) is 75.3 Å². The zero-order chi connectivity index (χ0) is 18.7. The van der Waals surface area contributed by atoms with Crippen molar-refractivity contribution >= 4 is 17.5 Å². The van der Waals surface area contributed by atoms with Gasteiger partial charge in [-0.3, -0.25) is 19.7 Å². The SMILES string of the molecule is Cc1c(C(=O)N2CCNC(=O)CC2c2ccccc2)cccc1[N+](=O)[O-]. The molecule has 3 rings (SSSR count). The first-order valence-corrected chi connectivity index (χ1v) is 8.35. The van der Waals surface area contributed by atoms with Gasteiger partial charge in [0.1, 0.15) is 0 Å². The first kappa shape index (κ1) is 17.6. The van der Waals surface area contributed by atoms with Gasteiger partial charge < -0.3 is 10.2 Å². The van der Waals surface area contributed by atoms with Gasteiger partial charge in [0.2, 0.25) is 5.91 Å². The minimum atomic E-state index is -0.492. The molecule has 1 heterocycles. The molecule has 7 heteroatoms. The smallest absolute Gasteiger partial charge is 0.273 e. The van der Waals surface area contributed by atoms with E-state index in [1.165, 1.54) is 12.1 Å². The highest BCUT2D eigenvalue weighted by atomic mass is 16.6. The molecule has 0 bridgehead atoms. The van der Waals surface area contributed by atoms with E-state index >= 15 is 0 Å². The Balaban J connectivity index is 2.02. The van der Waals surface area contributed by atoms with E-state index in [0.717, 1.165) is 5.56 Å². The van der Waals surface area contributed by atoms with Gasteiger partial charge >= 0.3 is 0 Å². The Labute approximate surface area is 150 Å². The fraction of sp³-hybridized carbons (Fsp3) is 0.263. The van der Waals surface area contributed by atoms with Crippen molar-refractivity contribution in [1.29, 1.82) is 0 Å². The van der Waals surface area contributed by atoms with Gasteiger partial charge in [-0.1, -0.05) is 36.4 Å². The Morgan fingerprint density at radius 1 is 1.19 bits per heavy atom. The highest BCUT2D eigenvalue weighted by molar-refractivity contribution is 5.97. The Morgan fingerprint density at radius 3 is 2.62 bits per heavy atom. The number of hydrogen-bond acceptors (Lipinski definition) is 4. The lowest BCUT2D eigenvalue weighted by atomic mass is 9.99. The van der Waals surface area contributed by atoms with Gasteiger partial charge in [-0.05, 0) is 18.6 Å². The van der Waals surface area contributed by atoms with Crippen molar-refractivity contribution in [2.75, 3.05) is 13.1 Å². The predicted octanol–water partition coefficient (Wildman–Crippen LogP) is 2.61. The lowest BCUT2D eigenvalue weighted by Crippen LogP contribution is -2.37. The van der Waals surface area contributed by atoms with Crippen molar-refractivity contribution in [2.24, 2.45) is 0 Å². The van der Waals surface area contributed by atoms with Crippen LogP contribution in [-0.4, -0.2) is 34.7 Å².